The number of aryl methyl sites for hydroxylation is 1. The molecule has 0 aromatic heterocycles. The van der Waals surface area contributed by atoms with Crippen molar-refractivity contribution in [2.24, 2.45) is 4.99 Å². The minimum absolute atomic E-state index is 0. The van der Waals surface area contributed by atoms with Crippen LogP contribution in [0.3, 0.4) is 0 Å². The van der Waals surface area contributed by atoms with E-state index in [1.165, 1.54) is 11.1 Å². The monoisotopic (exact) mass is 467 g/mol. The zero-order valence-electron chi connectivity index (χ0n) is 15.6. The molecule has 0 aliphatic carbocycles. The highest BCUT2D eigenvalue weighted by Gasteiger charge is 2.10. The Kier molecular flexibility index (Phi) is 11.0. The third-order valence-electron chi connectivity index (χ3n) is 4.37. The summed E-state index contributed by atoms with van der Waals surface area (Å²) in [7, 11) is 1.77. The Balaban J connectivity index is 0.00000338. The number of halogens is 1. The van der Waals surface area contributed by atoms with Crippen LogP contribution < -0.4 is 10.6 Å². The van der Waals surface area contributed by atoms with Crippen LogP contribution in [-0.4, -0.2) is 37.8 Å². The number of benzene rings is 2. The Labute approximate surface area is 174 Å². The smallest absolute Gasteiger partial charge is 0.191 e. The van der Waals surface area contributed by atoms with Crippen molar-refractivity contribution >= 4 is 29.9 Å². The summed E-state index contributed by atoms with van der Waals surface area (Å²) in [6.45, 7) is 3.74. The highest BCUT2D eigenvalue weighted by Crippen LogP contribution is 2.13. The maximum Gasteiger partial charge on any atom is 0.191 e. The average molecular weight is 467 g/mol. The summed E-state index contributed by atoms with van der Waals surface area (Å²) in [5, 5.41) is 16.3. The van der Waals surface area contributed by atoms with E-state index in [1.807, 2.05) is 30.3 Å². The number of rotatable bonds is 8. The second-order valence-corrected chi connectivity index (χ2v) is 6.09. The summed E-state index contributed by atoms with van der Waals surface area (Å²) >= 11 is 0. The Morgan fingerprint density at radius 1 is 1.00 bits per heavy atom. The van der Waals surface area contributed by atoms with E-state index in [2.05, 4.69) is 46.8 Å². The molecule has 142 valence electrons. The van der Waals surface area contributed by atoms with Gasteiger partial charge in [-0.25, -0.2) is 0 Å². The molecule has 0 radical (unpaired) electrons. The number of hydrogen-bond donors (Lipinski definition) is 3. The van der Waals surface area contributed by atoms with E-state index in [9.17, 15) is 5.11 Å². The van der Waals surface area contributed by atoms with Gasteiger partial charge in [0.15, 0.2) is 5.96 Å². The van der Waals surface area contributed by atoms with Crippen LogP contribution in [0.1, 0.15) is 29.5 Å². The molecule has 26 heavy (non-hydrogen) atoms. The second kappa shape index (κ2) is 12.7. The first-order valence-electron chi connectivity index (χ1n) is 8.95. The molecule has 0 fully saturated rings. The van der Waals surface area contributed by atoms with Crippen LogP contribution in [0.5, 0.6) is 0 Å². The molecule has 1 unspecified atom stereocenters. The number of hydrogen-bond acceptors (Lipinski definition) is 2. The molecule has 3 N–H and O–H groups in total. The highest BCUT2D eigenvalue weighted by molar-refractivity contribution is 14.0. The van der Waals surface area contributed by atoms with Crippen LogP contribution in [0.2, 0.25) is 0 Å². The fourth-order valence-corrected chi connectivity index (χ4v) is 2.72. The molecule has 4 nitrogen and oxygen atoms in total. The number of aliphatic hydroxyl groups is 1. The fourth-order valence-electron chi connectivity index (χ4n) is 2.72. The van der Waals surface area contributed by atoms with Crippen molar-refractivity contribution in [2.75, 3.05) is 26.7 Å². The van der Waals surface area contributed by atoms with Gasteiger partial charge >= 0.3 is 0 Å². The van der Waals surface area contributed by atoms with E-state index in [-0.39, 0.29) is 36.5 Å². The number of nitrogens with zero attached hydrogens (tertiary/aromatic N) is 1. The van der Waals surface area contributed by atoms with Gasteiger partial charge in [0.2, 0.25) is 0 Å². The fraction of sp³-hybridized carbons (Fsp3) is 0.381. The molecule has 0 aliphatic rings. The molecule has 0 saturated heterocycles. The number of aliphatic imine (C=N–C) groups is 1. The third kappa shape index (κ3) is 7.33. The lowest BCUT2D eigenvalue weighted by Gasteiger charge is -2.18. The Morgan fingerprint density at radius 3 is 2.23 bits per heavy atom. The van der Waals surface area contributed by atoms with E-state index in [4.69, 9.17) is 0 Å². The molecule has 0 amide bonds. The summed E-state index contributed by atoms with van der Waals surface area (Å²) in [6, 6.07) is 18.8. The quantitative estimate of drug-likeness (QED) is 0.317. The summed E-state index contributed by atoms with van der Waals surface area (Å²) in [5.74, 6) is 0.820. The van der Waals surface area contributed by atoms with Gasteiger partial charge in [0.1, 0.15) is 0 Å². The third-order valence-corrected chi connectivity index (χ3v) is 4.37. The van der Waals surface area contributed by atoms with Crippen LogP contribution in [0, 0.1) is 0 Å². The number of guanidine groups is 1. The first kappa shape index (κ1) is 22.4. The van der Waals surface area contributed by atoms with Crippen molar-refractivity contribution in [3.05, 3.63) is 71.3 Å². The van der Waals surface area contributed by atoms with Crippen LogP contribution in [0.15, 0.2) is 59.6 Å². The van der Waals surface area contributed by atoms with Gasteiger partial charge in [-0.05, 0) is 29.5 Å². The van der Waals surface area contributed by atoms with E-state index in [0.717, 1.165) is 30.9 Å². The first-order valence-corrected chi connectivity index (χ1v) is 8.95. The molecule has 2 rings (SSSR count). The summed E-state index contributed by atoms with van der Waals surface area (Å²) < 4.78 is 0. The van der Waals surface area contributed by atoms with E-state index >= 15 is 0 Å². The van der Waals surface area contributed by atoms with Gasteiger partial charge in [-0.3, -0.25) is 4.99 Å². The zero-order valence-corrected chi connectivity index (χ0v) is 17.9. The highest BCUT2D eigenvalue weighted by atomic mass is 127. The molecule has 1 atom stereocenters. The van der Waals surface area contributed by atoms with Crippen LogP contribution in [-0.2, 0) is 12.8 Å². The molecule has 0 spiro atoms. The van der Waals surface area contributed by atoms with Crippen molar-refractivity contribution in [2.45, 2.75) is 25.7 Å². The SMILES string of the molecule is CCc1ccc(CCNC(=NC)NCC(CO)c2ccccc2)cc1.I. The summed E-state index contributed by atoms with van der Waals surface area (Å²) in [4.78, 5) is 4.26. The molecule has 2 aromatic rings. The lowest BCUT2D eigenvalue weighted by atomic mass is 10.0. The second-order valence-electron chi connectivity index (χ2n) is 6.09. The van der Waals surface area contributed by atoms with Gasteiger partial charge in [0.25, 0.3) is 0 Å². The molecule has 2 aromatic carbocycles. The minimum Gasteiger partial charge on any atom is -0.396 e. The molecule has 0 bridgehead atoms. The van der Waals surface area contributed by atoms with Crippen molar-refractivity contribution in [3.8, 4) is 0 Å². The standard InChI is InChI=1S/C21H29N3O.HI/c1-3-17-9-11-18(12-10-17)13-14-23-21(22-2)24-15-20(16-25)19-7-5-4-6-8-19;/h4-12,20,25H,3,13-16H2,1-2H3,(H2,22,23,24);1H. The van der Waals surface area contributed by atoms with Gasteiger partial charge in [0.05, 0.1) is 6.61 Å². The van der Waals surface area contributed by atoms with Crippen LogP contribution in [0.25, 0.3) is 0 Å². The summed E-state index contributed by atoms with van der Waals surface area (Å²) in [6.07, 6.45) is 2.02. The molecule has 0 saturated carbocycles. The average Bonchev–Trinajstić information content (AvgIpc) is 2.68. The van der Waals surface area contributed by atoms with Gasteiger partial charge < -0.3 is 15.7 Å². The summed E-state index contributed by atoms with van der Waals surface area (Å²) in [5.41, 5.74) is 3.81. The van der Waals surface area contributed by atoms with Gasteiger partial charge in [-0.1, -0.05) is 61.5 Å². The molecule has 0 heterocycles. The Hall–Kier alpha value is -1.60. The first-order chi connectivity index (χ1) is 12.3. The lowest BCUT2D eigenvalue weighted by Crippen LogP contribution is -2.40. The maximum atomic E-state index is 9.63. The topological polar surface area (TPSA) is 56.7 Å². The van der Waals surface area contributed by atoms with Crippen LogP contribution >= 0.6 is 24.0 Å². The predicted octanol–water partition coefficient (Wildman–Crippen LogP) is 3.35. The molecular formula is C21H30IN3O. The predicted molar refractivity (Wildman–Crippen MR) is 121 cm³/mol. The van der Waals surface area contributed by atoms with Gasteiger partial charge in [0, 0.05) is 26.1 Å². The van der Waals surface area contributed by atoms with Crippen LogP contribution in [0.4, 0.5) is 0 Å². The van der Waals surface area contributed by atoms with E-state index in [1.54, 1.807) is 7.05 Å². The van der Waals surface area contributed by atoms with Crippen molar-refractivity contribution in [1.29, 1.82) is 0 Å². The van der Waals surface area contributed by atoms with E-state index < -0.39 is 0 Å². The van der Waals surface area contributed by atoms with Crippen molar-refractivity contribution in [1.82, 2.24) is 10.6 Å². The van der Waals surface area contributed by atoms with Crippen molar-refractivity contribution < 1.29 is 5.11 Å². The maximum absolute atomic E-state index is 9.63. The number of nitrogens with one attached hydrogen (secondary N) is 2. The van der Waals surface area contributed by atoms with Gasteiger partial charge in [-0.2, -0.15) is 0 Å². The molecule has 0 aliphatic heterocycles. The minimum atomic E-state index is 0. The van der Waals surface area contributed by atoms with E-state index in [0.29, 0.717) is 6.54 Å². The molecular weight excluding hydrogens is 437 g/mol. The zero-order chi connectivity index (χ0) is 17.9. The Morgan fingerprint density at radius 2 is 1.65 bits per heavy atom. The van der Waals surface area contributed by atoms with Crippen molar-refractivity contribution in [3.63, 3.8) is 0 Å². The largest absolute Gasteiger partial charge is 0.396 e. The lowest BCUT2D eigenvalue weighted by molar-refractivity contribution is 0.265. The van der Waals surface area contributed by atoms with Gasteiger partial charge in [-0.15, -0.1) is 24.0 Å². The number of aliphatic hydroxyl groups excluding tert-OH is 1. The normalized spacial score (nSPS) is 12.2. The Bertz CT molecular complexity index is 644. The molecule has 5 heteroatoms.